The highest BCUT2D eigenvalue weighted by molar-refractivity contribution is 6.31. The zero-order valence-corrected chi connectivity index (χ0v) is 15.6. The second-order valence-corrected chi connectivity index (χ2v) is 6.76. The van der Waals surface area contributed by atoms with Crippen LogP contribution in [0.2, 0.25) is 5.02 Å². The molecule has 0 aliphatic rings. The molecule has 1 unspecified atom stereocenters. The van der Waals surface area contributed by atoms with E-state index in [0.29, 0.717) is 28.4 Å². The summed E-state index contributed by atoms with van der Waals surface area (Å²) < 4.78 is 5.30. The van der Waals surface area contributed by atoms with Crippen molar-refractivity contribution in [2.45, 2.75) is 6.54 Å². The first-order chi connectivity index (χ1) is 13.0. The first-order valence-corrected chi connectivity index (χ1v) is 8.93. The summed E-state index contributed by atoms with van der Waals surface area (Å²) in [6, 6.07) is 17.5. The molecule has 0 bridgehead atoms. The highest BCUT2D eigenvalue weighted by atomic mass is 35.5. The summed E-state index contributed by atoms with van der Waals surface area (Å²) in [5.74, 6) is 0.430. The molecule has 0 fully saturated rings. The van der Waals surface area contributed by atoms with Gasteiger partial charge < -0.3 is 14.6 Å². The number of furan rings is 1. The largest absolute Gasteiger partial charge is 0.463 e. The van der Waals surface area contributed by atoms with Crippen LogP contribution >= 0.6 is 11.6 Å². The molecule has 1 amide bonds. The molecular weight excluding hydrogens is 364 g/mol. The predicted octanol–water partition coefficient (Wildman–Crippen LogP) is 2.82. The summed E-state index contributed by atoms with van der Waals surface area (Å²) in [7, 11) is 1.90. The number of ketones is 1. The molecule has 0 aliphatic carbocycles. The van der Waals surface area contributed by atoms with Crippen LogP contribution in [-0.2, 0) is 11.3 Å². The molecule has 6 heteroatoms. The van der Waals surface area contributed by atoms with E-state index in [0.717, 1.165) is 10.7 Å². The first kappa shape index (κ1) is 18.9. The summed E-state index contributed by atoms with van der Waals surface area (Å²) >= 11 is 6.07. The van der Waals surface area contributed by atoms with Crippen molar-refractivity contribution in [1.29, 1.82) is 0 Å². The van der Waals surface area contributed by atoms with Crippen molar-refractivity contribution in [3.8, 4) is 0 Å². The molecule has 3 aromatic rings. The fraction of sp³-hybridized carbons (Fsp3) is 0.143. The number of halogens is 1. The smallest absolute Gasteiger partial charge is 0.279 e. The molecule has 1 heterocycles. The van der Waals surface area contributed by atoms with Crippen LogP contribution < -0.4 is 10.2 Å². The first-order valence-electron chi connectivity index (χ1n) is 8.56. The molecule has 2 aromatic carbocycles. The Labute approximate surface area is 162 Å². The number of hydrogen-bond donors (Lipinski definition) is 2. The maximum absolute atomic E-state index is 12.8. The topological polar surface area (TPSA) is 63.8 Å². The molecule has 5 nitrogen and oxygen atoms in total. The molecular formula is C21H20ClN2O3+. The lowest BCUT2D eigenvalue weighted by Crippen LogP contribution is -3.08. The lowest BCUT2D eigenvalue weighted by atomic mass is 10.0. The number of rotatable bonds is 7. The van der Waals surface area contributed by atoms with E-state index in [9.17, 15) is 9.59 Å². The Hall–Kier alpha value is -2.89. The molecule has 1 atom stereocenters. The van der Waals surface area contributed by atoms with Gasteiger partial charge in [-0.1, -0.05) is 41.9 Å². The van der Waals surface area contributed by atoms with E-state index in [1.807, 2.05) is 25.2 Å². The third-order valence-corrected chi connectivity index (χ3v) is 4.29. The molecule has 27 heavy (non-hydrogen) atoms. The van der Waals surface area contributed by atoms with E-state index >= 15 is 0 Å². The van der Waals surface area contributed by atoms with Crippen molar-refractivity contribution in [2.24, 2.45) is 0 Å². The van der Waals surface area contributed by atoms with Crippen LogP contribution in [0.4, 0.5) is 5.69 Å². The van der Waals surface area contributed by atoms with Crippen LogP contribution in [0.5, 0.6) is 0 Å². The average molecular weight is 384 g/mol. The molecule has 1 aromatic heterocycles. The Morgan fingerprint density at radius 1 is 1.07 bits per heavy atom. The van der Waals surface area contributed by atoms with Crippen molar-refractivity contribution in [3.63, 3.8) is 0 Å². The van der Waals surface area contributed by atoms with Crippen LogP contribution in [0.1, 0.15) is 21.7 Å². The van der Waals surface area contributed by atoms with E-state index in [1.165, 1.54) is 0 Å². The zero-order chi connectivity index (χ0) is 19.2. The Morgan fingerprint density at radius 3 is 2.56 bits per heavy atom. The third kappa shape index (κ3) is 5.06. The fourth-order valence-corrected chi connectivity index (χ4v) is 2.97. The van der Waals surface area contributed by atoms with Crippen molar-refractivity contribution in [1.82, 2.24) is 0 Å². The number of carbonyl (C=O) groups is 2. The van der Waals surface area contributed by atoms with Crippen LogP contribution in [-0.4, -0.2) is 25.3 Å². The van der Waals surface area contributed by atoms with Gasteiger partial charge >= 0.3 is 0 Å². The van der Waals surface area contributed by atoms with Gasteiger partial charge in [-0.3, -0.25) is 9.59 Å². The van der Waals surface area contributed by atoms with E-state index in [1.54, 1.807) is 48.7 Å². The maximum Gasteiger partial charge on any atom is 0.279 e. The average Bonchev–Trinajstić information content (AvgIpc) is 3.16. The minimum Gasteiger partial charge on any atom is -0.463 e. The molecule has 0 saturated carbocycles. The molecule has 2 N–H and O–H groups in total. The number of nitrogens with one attached hydrogen (secondary N) is 2. The Kier molecular flexibility index (Phi) is 6.06. The van der Waals surface area contributed by atoms with E-state index in [2.05, 4.69) is 5.32 Å². The summed E-state index contributed by atoms with van der Waals surface area (Å²) in [5.41, 5.74) is 1.35. The summed E-state index contributed by atoms with van der Waals surface area (Å²) in [5, 5.41) is 3.27. The van der Waals surface area contributed by atoms with Crippen molar-refractivity contribution >= 4 is 29.0 Å². The van der Waals surface area contributed by atoms with Gasteiger partial charge in [0.05, 0.1) is 19.0 Å². The van der Waals surface area contributed by atoms with Crippen LogP contribution in [0.15, 0.2) is 71.3 Å². The number of carbonyl (C=O) groups excluding carboxylic acids is 2. The highest BCUT2D eigenvalue weighted by Gasteiger charge is 2.18. The van der Waals surface area contributed by atoms with Gasteiger partial charge in [0.25, 0.3) is 5.91 Å². The minimum atomic E-state index is -0.191. The van der Waals surface area contributed by atoms with Crippen LogP contribution in [0.25, 0.3) is 0 Å². The Bertz CT molecular complexity index is 924. The van der Waals surface area contributed by atoms with E-state index < -0.39 is 0 Å². The van der Waals surface area contributed by atoms with E-state index in [4.69, 9.17) is 16.0 Å². The monoisotopic (exact) mass is 383 g/mol. The van der Waals surface area contributed by atoms with Gasteiger partial charge in [0.2, 0.25) is 0 Å². The molecule has 0 spiro atoms. The minimum absolute atomic E-state index is 0.190. The summed E-state index contributed by atoms with van der Waals surface area (Å²) in [6.45, 7) is 0.832. The van der Waals surface area contributed by atoms with Crippen LogP contribution in [0, 0.1) is 0 Å². The maximum atomic E-state index is 12.8. The van der Waals surface area contributed by atoms with Gasteiger partial charge in [-0.15, -0.1) is 0 Å². The third-order valence-electron chi connectivity index (χ3n) is 4.05. The highest BCUT2D eigenvalue weighted by Crippen LogP contribution is 2.23. The van der Waals surface area contributed by atoms with Gasteiger partial charge in [0.1, 0.15) is 6.54 Å². The zero-order valence-electron chi connectivity index (χ0n) is 14.9. The van der Waals surface area contributed by atoms with E-state index in [-0.39, 0.29) is 18.2 Å². The van der Waals surface area contributed by atoms with Gasteiger partial charge in [0.15, 0.2) is 18.1 Å². The predicted molar refractivity (Wildman–Crippen MR) is 104 cm³/mol. The Morgan fingerprint density at radius 2 is 1.85 bits per heavy atom. The SMILES string of the molecule is C[NH+](CC(=O)Nc1ccc(Cl)cc1C(=O)c1ccccc1)Cc1ccco1. The number of hydrogen-bond acceptors (Lipinski definition) is 3. The number of amides is 1. The number of anilines is 1. The lowest BCUT2D eigenvalue weighted by molar-refractivity contribution is -0.886. The molecule has 0 aliphatic heterocycles. The summed E-state index contributed by atoms with van der Waals surface area (Å²) in [6.07, 6.45) is 1.61. The lowest BCUT2D eigenvalue weighted by Gasteiger charge is -2.14. The van der Waals surface area contributed by atoms with Gasteiger partial charge in [0, 0.05) is 16.1 Å². The number of quaternary nitrogens is 1. The molecule has 0 radical (unpaired) electrons. The van der Waals surface area contributed by atoms with Crippen molar-refractivity contribution in [3.05, 3.63) is 88.8 Å². The van der Waals surface area contributed by atoms with Gasteiger partial charge in [-0.05, 0) is 30.3 Å². The van der Waals surface area contributed by atoms with Gasteiger partial charge in [-0.25, -0.2) is 0 Å². The second-order valence-electron chi connectivity index (χ2n) is 6.32. The van der Waals surface area contributed by atoms with Crippen LogP contribution in [0.3, 0.4) is 0 Å². The quantitative estimate of drug-likeness (QED) is 0.617. The standard InChI is InChI=1S/C21H19ClN2O3/c1-24(13-17-8-5-11-27-17)14-20(25)23-19-10-9-16(22)12-18(19)21(26)15-6-3-2-4-7-15/h2-12H,13-14H2,1H3,(H,23,25)/p+1. The number of likely N-dealkylation sites (N-methyl/N-ethyl adjacent to an activating group) is 1. The normalized spacial score (nSPS) is 11.8. The molecule has 3 rings (SSSR count). The Balaban J connectivity index is 1.72. The molecule has 0 saturated heterocycles. The second kappa shape index (κ2) is 8.66. The molecule has 138 valence electrons. The summed E-state index contributed by atoms with van der Waals surface area (Å²) in [4.78, 5) is 26.2. The van der Waals surface area contributed by atoms with Gasteiger partial charge in [-0.2, -0.15) is 0 Å². The number of benzene rings is 2. The fourth-order valence-electron chi connectivity index (χ4n) is 2.80. The van der Waals surface area contributed by atoms with Crippen molar-refractivity contribution < 1.29 is 18.9 Å². The van der Waals surface area contributed by atoms with Crippen molar-refractivity contribution in [2.75, 3.05) is 18.9 Å².